The molecule has 0 saturated carbocycles. The third-order valence-corrected chi connectivity index (χ3v) is 3.89. The monoisotopic (exact) mass is 340 g/mol. The van der Waals surface area contributed by atoms with Crippen molar-refractivity contribution in [1.82, 2.24) is 24.6 Å². The van der Waals surface area contributed by atoms with E-state index in [0.717, 1.165) is 33.9 Å². The number of pyridine rings is 1. The molecule has 0 aromatic carbocycles. The molecule has 0 radical (unpaired) electrons. The van der Waals surface area contributed by atoms with Crippen LogP contribution in [-0.2, 0) is 0 Å². The van der Waals surface area contributed by atoms with Gasteiger partial charge in [0.05, 0.1) is 12.2 Å². The van der Waals surface area contributed by atoms with Crippen LogP contribution in [0.2, 0.25) is 0 Å². The molecule has 0 spiro atoms. The van der Waals surface area contributed by atoms with Gasteiger partial charge in [-0.25, -0.2) is 14.4 Å². The Kier molecular flexibility index (Phi) is 4.24. The van der Waals surface area contributed by atoms with Crippen LogP contribution in [0.5, 0.6) is 0 Å². The van der Waals surface area contributed by atoms with Crippen molar-refractivity contribution < 1.29 is 4.39 Å². The van der Waals surface area contributed by atoms with Gasteiger partial charge < -0.3 is 5.32 Å². The van der Waals surface area contributed by atoms with Gasteiger partial charge in [0.2, 0.25) is 5.95 Å². The van der Waals surface area contributed by atoms with E-state index >= 15 is 0 Å². The van der Waals surface area contributed by atoms with Crippen LogP contribution in [0.1, 0.15) is 36.5 Å². The molecule has 25 heavy (non-hydrogen) atoms. The topological polar surface area (TPSA) is 68.0 Å². The molecule has 130 valence electrons. The maximum atomic E-state index is 13.6. The Morgan fingerprint density at radius 2 is 2.04 bits per heavy atom. The summed E-state index contributed by atoms with van der Waals surface area (Å²) in [5.41, 5.74) is 2.83. The van der Waals surface area contributed by atoms with Crippen molar-refractivity contribution in [3.63, 3.8) is 0 Å². The number of halogens is 1. The van der Waals surface area contributed by atoms with E-state index in [1.807, 2.05) is 36.6 Å². The molecule has 3 aromatic rings. The highest BCUT2D eigenvalue weighted by Gasteiger charge is 2.16. The molecule has 6 nitrogen and oxygen atoms in total. The Balaban J connectivity index is 1.87. The van der Waals surface area contributed by atoms with Crippen LogP contribution in [0.15, 0.2) is 31.1 Å². The molecule has 0 bridgehead atoms. The molecule has 0 fully saturated rings. The fourth-order valence-electron chi connectivity index (χ4n) is 2.48. The van der Waals surface area contributed by atoms with E-state index in [-0.39, 0.29) is 6.54 Å². The van der Waals surface area contributed by atoms with Gasteiger partial charge in [0.1, 0.15) is 11.5 Å². The standard InChI is InChI=1S/C18H21FN6/c1-11(14-6-7-16-24-23-13(3)25(16)9-14)15-8-20-17(22-12(15)2)21-10-18(4,5)19/h6-9H,1,10H2,2-5H3,(H,20,21,22). The highest BCUT2D eigenvalue weighted by molar-refractivity contribution is 5.79. The van der Waals surface area contributed by atoms with Gasteiger partial charge >= 0.3 is 0 Å². The summed E-state index contributed by atoms with van der Waals surface area (Å²) < 4.78 is 15.5. The van der Waals surface area contributed by atoms with Gasteiger partial charge in [0.15, 0.2) is 5.65 Å². The van der Waals surface area contributed by atoms with Crippen molar-refractivity contribution in [3.8, 4) is 0 Å². The molecule has 3 heterocycles. The van der Waals surface area contributed by atoms with Crippen LogP contribution in [0, 0.1) is 13.8 Å². The van der Waals surface area contributed by atoms with E-state index in [2.05, 4.69) is 32.1 Å². The number of aromatic nitrogens is 5. The van der Waals surface area contributed by atoms with Crippen molar-refractivity contribution in [2.45, 2.75) is 33.4 Å². The van der Waals surface area contributed by atoms with E-state index in [9.17, 15) is 4.39 Å². The van der Waals surface area contributed by atoms with Crippen molar-refractivity contribution >= 4 is 17.2 Å². The minimum absolute atomic E-state index is 0.149. The van der Waals surface area contributed by atoms with Crippen LogP contribution in [0.25, 0.3) is 11.2 Å². The number of alkyl halides is 1. The molecule has 3 aromatic heterocycles. The average Bonchev–Trinajstić information content (AvgIpc) is 2.92. The first-order chi connectivity index (χ1) is 11.7. The van der Waals surface area contributed by atoms with Crippen LogP contribution < -0.4 is 5.32 Å². The SMILES string of the molecule is C=C(c1ccc2nnc(C)n2c1)c1cnc(NCC(C)(C)F)nc1C. The summed E-state index contributed by atoms with van der Waals surface area (Å²) in [6.45, 7) is 11.1. The second-order valence-corrected chi connectivity index (χ2v) is 6.64. The lowest BCUT2D eigenvalue weighted by Crippen LogP contribution is -2.25. The number of hydrogen-bond acceptors (Lipinski definition) is 5. The molecule has 0 aliphatic rings. The number of fused-ring (bicyclic) bond motifs is 1. The molecule has 3 rings (SSSR count). The second kappa shape index (κ2) is 6.23. The van der Waals surface area contributed by atoms with Gasteiger partial charge in [-0.2, -0.15) is 0 Å². The first-order valence-electron chi connectivity index (χ1n) is 8.02. The molecule has 0 unspecified atom stereocenters. The maximum absolute atomic E-state index is 13.6. The zero-order chi connectivity index (χ0) is 18.2. The first-order valence-corrected chi connectivity index (χ1v) is 8.02. The number of anilines is 1. The summed E-state index contributed by atoms with van der Waals surface area (Å²) in [7, 11) is 0. The summed E-state index contributed by atoms with van der Waals surface area (Å²) in [4.78, 5) is 8.69. The summed E-state index contributed by atoms with van der Waals surface area (Å²) in [5, 5.41) is 11.1. The Labute approximate surface area is 145 Å². The zero-order valence-corrected chi connectivity index (χ0v) is 14.8. The van der Waals surface area contributed by atoms with Gasteiger partial charge in [0.25, 0.3) is 0 Å². The number of nitrogens with one attached hydrogen (secondary N) is 1. The predicted molar refractivity (Wildman–Crippen MR) is 96.3 cm³/mol. The Hall–Kier alpha value is -2.83. The number of hydrogen-bond donors (Lipinski definition) is 1. The van der Waals surface area contributed by atoms with E-state index in [0.29, 0.717) is 5.95 Å². The predicted octanol–water partition coefficient (Wildman–Crippen LogP) is 3.36. The fourth-order valence-corrected chi connectivity index (χ4v) is 2.48. The second-order valence-electron chi connectivity index (χ2n) is 6.64. The molecule has 1 N–H and O–H groups in total. The third-order valence-electron chi connectivity index (χ3n) is 3.89. The number of aryl methyl sites for hydroxylation is 2. The molecule has 0 aliphatic heterocycles. The van der Waals surface area contributed by atoms with Gasteiger partial charge in [0, 0.05) is 18.0 Å². The Morgan fingerprint density at radius 1 is 1.28 bits per heavy atom. The van der Waals surface area contributed by atoms with E-state index in [1.165, 1.54) is 13.8 Å². The molecular formula is C18H21FN6. The summed E-state index contributed by atoms with van der Waals surface area (Å²) in [6, 6.07) is 3.85. The summed E-state index contributed by atoms with van der Waals surface area (Å²) >= 11 is 0. The Bertz CT molecular complexity index is 938. The number of nitrogens with zero attached hydrogens (tertiary/aromatic N) is 5. The van der Waals surface area contributed by atoms with E-state index in [4.69, 9.17) is 0 Å². The lowest BCUT2D eigenvalue weighted by molar-refractivity contribution is 0.234. The zero-order valence-electron chi connectivity index (χ0n) is 14.8. The molecule has 0 aliphatic carbocycles. The third kappa shape index (κ3) is 3.65. The average molecular weight is 340 g/mol. The molecule has 7 heteroatoms. The minimum Gasteiger partial charge on any atom is -0.351 e. The fraction of sp³-hybridized carbons (Fsp3) is 0.333. The van der Waals surface area contributed by atoms with Crippen molar-refractivity contribution in [1.29, 1.82) is 0 Å². The van der Waals surface area contributed by atoms with Crippen molar-refractivity contribution in [3.05, 3.63) is 53.8 Å². The lowest BCUT2D eigenvalue weighted by Gasteiger charge is -2.16. The highest BCUT2D eigenvalue weighted by atomic mass is 19.1. The first kappa shape index (κ1) is 17.0. The van der Waals surface area contributed by atoms with Crippen LogP contribution in [-0.4, -0.2) is 36.8 Å². The van der Waals surface area contributed by atoms with Gasteiger partial charge in [-0.15, -0.1) is 10.2 Å². The van der Waals surface area contributed by atoms with Crippen molar-refractivity contribution in [2.24, 2.45) is 0 Å². The molecule has 0 saturated heterocycles. The summed E-state index contributed by atoms with van der Waals surface area (Å²) in [6.07, 6.45) is 3.66. The highest BCUT2D eigenvalue weighted by Crippen LogP contribution is 2.24. The van der Waals surface area contributed by atoms with Gasteiger partial charge in [-0.05, 0) is 51.0 Å². The molecular weight excluding hydrogens is 319 g/mol. The number of rotatable bonds is 5. The van der Waals surface area contributed by atoms with Crippen molar-refractivity contribution in [2.75, 3.05) is 11.9 Å². The quantitative estimate of drug-likeness (QED) is 0.771. The maximum Gasteiger partial charge on any atom is 0.222 e. The Morgan fingerprint density at radius 3 is 2.72 bits per heavy atom. The van der Waals surface area contributed by atoms with Crippen LogP contribution in [0.3, 0.4) is 0 Å². The summed E-state index contributed by atoms with van der Waals surface area (Å²) in [5.74, 6) is 1.22. The molecule has 0 amide bonds. The van der Waals surface area contributed by atoms with Crippen LogP contribution in [0.4, 0.5) is 10.3 Å². The van der Waals surface area contributed by atoms with E-state index < -0.39 is 5.67 Å². The minimum atomic E-state index is -1.33. The lowest BCUT2D eigenvalue weighted by atomic mass is 10.0. The van der Waals surface area contributed by atoms with Gasteiger partial charge in [-0.3, -0.25) is 4.40 Å². The van der Waals surface area contributed by atoms with E-state index in [1.54, 1.807) is 6.20 Å². The van der Waals surface area contributed by atoms with Crippen LogP contribution >= 0.6 is 0 Å². The largest absolute Gasteiger partial charge is 0.351 e. The molecule has 0 atom stereocenters. The normalized spacial score (nSPS) is 11.7. The smallest absolute Gasteiger partial charge is 0.222 e. The van der Waals surface area contributed by atoms with Gasteiger partial charge in [-0.1, -0.05) is 6.58 Å².